The number of carbonyl (C=O) groups is 4. The van der Waals surface area contributed by atoms with Crippen molar-refractivity contribution in [2.45, 2.75) is 45.8 Å². The van der Waals surface area contributed by atoms with Gasteiger partial charge in [0.15, 0.2) is 0 Å². The lowest BCUT2D eigenvalue weighted by Gasteiger charge is -2.26. The number of rotatable bonds is 18. The Bertz CT molecular complexity index is 689. The maximum atomic E-state index is 12.7. The minimum absolute atomic E-state index is 0.145. The summed E-state index contributed by atoms with van der Waals surface area (Å²) in [6.07, 6.45) is 2.36. The molecule has 1 heterocycles. The van der Waals surface area contributed by atoms with Gasteiger partial charge < -0.3 is 34.3 Å². The highest BCUT2D eigenvalue weighted by molar-refractivity contribution is 6.15. The van der Waals surface area contributed by atoms with Gasteiger partial charge in [-0.05, 0) is 27.2 Å². The minimum Gasteiger partial charge on any atom is -0.444 e. The van der Waals surface area contributed by atoms with Gasteiger partial charge in [-0.15, -0.1) is 0 Å². The lowest BCUT2D eigenvalue weighted by molar-refractivity contribution is -0.145. The molecule has 35 heavy (non-hydrogen) atoms. The van der Waals surface area contributed by atoms with Crippen molar-refractivity contribution in [1.82, 2.24) is 15.5 Å². The minimum atomic E-state index is -1.23. The third kappa shape index (κ3) is 13.8. The Balaban J connectivity index is 2.26. The van der Waals surface area contributed by atoms with Crippen LogP contribution < -0.4 is 10.6 Å². The summed E-state index contributed by atoms with van der Waals surface area (Å²) in [5, 5.41) is 5.04. The van der Waals surface area contributed by atoms with E-state index in [0.29, 0.717) is 39.6 Å². The van der Waals surface area contributed by atoms with Gasteiger partial charge in [0.1, 0.15) is 11.6 Å². The first-order valence-corrected chi connectivity index (χ1v) is 11.8. The molecule has 0 aromatic carbocycles. The fourth-order valence-corrected chi connectivity index (χ4v) is 2.78. The normalized spacial score (nSPS) is 14.3. The van der Waals surface area contributed by atoms with E-state index in [9.17, 15) is 19.2 Å². The highest BCUT2D eigenvalue weighted by Gasteiger charge is 2.36. The second-order valence-electron chi connectivity index (χ2n) is 8.52. The van der Waals surface area contributed by atoms with Crippen LogP contribution >= 0.6 is 0 Å². The quantitative estimate of drug-likeness (QED) is 0.202. The van der Waals surface area contributed by atoms with Crippen LogP contribution in [0.5, 0.6) is 0 Å². The summed E-state index contributed by atoms with van der Waals surface area (Å²) in [5.41, 5.74) is -0.736. The van der Waals surface area contributed by atoms with Crippen LogP contribution in [0.3, 0.4) is 0 Å². The molecular formula is C23H39N3O9. The van der Waals surface area contributed by atoms with Crippen LogP contribution in [0.25, 0.3) is 0 Å². The van der Waals surface area contributed by atoms with Crippen molar-refractivity contribution >= 4 is 23.8 Å². The fourth-order valence-electron chi connectivity index (χ4n) is 2.78. The van der Waals surface area contributed by atoms with Crippen molar-refractivity contribution in [2.75, 3.05) is 65.9 Å². The van der Waals surface area contributed by atoms with Gasteiger partial charge in [0.2, 0.25) is 5.91 Å². The van der Waals surface area contributed by atoms with E-state index in [1.165, 1.54) is 0 Å². The first-order valence-electron chi connectivity index (χ1n) is 11.8. The Kier molecular flexibility index (Phi) is 14.8. The molecule has 0 spiro atoms. The number of nitrogens with zero attached hydrogens (tertiary/aromatic N) is 1. The molecule has 0 saturated carbocycles. The van der Waals surface area contributed by atoms with Crippen molar-refractivity contribution < 1.29 is 42.9 Å². The highest BCUT2D eigenvalue weighted by Crippen LogP contribution is 2.10. The van der Waals surface area contributed by atoms with Gasteiger partial charge in [-0.3, -0.25) is 19.3 Å². The Hall–Kier alpha value is -2.54. The second kappa shape index (κ2) is 17.0. The largest absolute Gasteiger partial charge is 0.444 e. The van der Waals surface area contributed by atoms with Gasteiger partial charge in [0.05, 0.1) is 52.8 Å². The van der Waals surface area contributed by atoms with E-state index in [4.69, 9.17) is 23.7 Å². The number of ether oxygens (including phenoxy) is 5. The van der Waals surface area contributed by atoms with Gasteiger partial charge in [0.25, 0.3) is 11.8 Å². The molecule has 2 N–H and O–H groups in total. The van der Waals surface area contributed by atoms with E-state index in [1.54, 1.807) is 20.8 Å². The molecule has 0 aromatic heterocycles. The van der Waals surface area contributed by atoms with E-state index >= 15 is 0 Å². The van der Waals surface area contributed by atoms with Crippen LogP contribution in [0.2, 0.25) is 0 Å². The summed E-state index contributed by atoms with van der Waals surface area (Å²) in [7, 11) is 0. The third-order valence-corrected chi connectivity index (χ3v) is 4.31. The van der Waals surface area contributed by atoms with Crippen molar-refractivity contribution in [3.8, 4) is 0 Å². The zero-order valence-corrected chi connectivity index (χ0v) is 21.1. The topological polar surface area (TPSA) is 142 Å². The first kappa shape index (κ1) is 30.5. The van der Waals surface area contributed by atoms with Gasteiger partial charge in [-0.1, -0.05) is 6.92 Å². The molecule has 0 aliphatic carbocycles. The molecule has 0 bridgehead atoms. The number of hydrogen-bond acceptors (Lipinski definition) is 9. The zero-order valence-electron chi connectivity index (χ0n) is 21.1. The summed E-state index contributed by atoms with van der Waals surface area (Å²) >= 11 is 0. The predicted molar refractivity (Wildman–Crippen MR) is 126 cm³/mol. The van der Waals surface area contributed by atoms with Crippen LogP contribution in [0, 0.1) is 0 Å². The first-order chi connectivity index (χ1) is 16.7. The molecule has 4 amide bonds. The Morgan fingerprint density at radius 2 is 1.31 bits per heavy atom. The smallest absolute Gasteiger partial charge is 0.407 e. The lowest BCUT2D eigenvalue weighted by Crippen LogP contribution is -2.55. The second-order valence-corrected chi connectivity index (χ2v) is 8.52. The molecule has 12 heteroatoms. The molecule has 0 fully saturated rings. The molecule has 1 rings (SSSR count). The highest BCUT2D eigenvalue weighted by atomic mass is 16.6. The number of carbonyl (C=O) groups excluding carboxylic acids is 4. The van der Waals surface area contributed by atoms with E-state index in [2.05, 4.69) is 10.6 Å². The summed E-state index contributed by atoms with van der Waals surface area (Å²) in [4.78, 5) is 49.5. The van der Waals surface area contributed by atoms with Gasteiger partial charge in [0, 0.05) is 25.3 Å². The van der Waals surface area contributed by atoms with E-state index in [-0.39, 0.29) is 19.7 Å². The van der Waals surface area contributed by atoms with Gasteiger partial charge in [-0.25, -0.2) is 4.79 Å². The van der Waals surface area contributed by atoms with Gasteiger partial charge >= 0.3 is 6.09 Å². The summed E-state index contributed by atoms with van der Waals surface area (Å²) < 4.78 is 26.6. The van der Waals surface area contributed by atoms with Crippen molar-refractivity contribution in [2.24, 2.45) is 0 Å². The number of amides is 4. The summed E-state index contributed by atoms with van der Waals surface area (Å²) in [5.74, 6) is -1.87. The van der Waals surface area contributed by atoms with Crippen LogP contribution in [0.15, 0.2) is 12.2 Å². The molecule has 1 aliphatic rings. The third-order valence-electron chi connectivity index (χ3n) is 4.31. The van der Waals surface area contributed by atoms with Crippen LogP contribution in [-0.4, -0.2) is 106 Å². The average Bonchev–Trinajstić information content (AvgIpc) is 3.11. The van der Waals surface area contributed by atoms with E-state index in [0.717, 1.165) is 30.1 Å². The summed E-state index contributed by atoms with van der Waals surface area (Å²) in [6.45, 7) is 10.6. The number of alkyl carbamates (subject to hydrolysis) is 1. The predicted octanol–water partition coefficient (Wildman–Crippen LogP) is 0.397. The molecule has 0 unspecified atom stereocenters. The fraction of sp³-hybridized carbons (Fsp3) is 0.739. The maximum absolute atomic E-state index is 12.7. The van der Waals surface area contributed by atoms with Gasteiger partial charge in [-0.2, -0.15) is 0 Å². The Morgan fingerprint density at radius 3 is 1.80 bits per heavy atom. The molecular weight excluding hydrogens is 462 g/mol. The molecule has 1 atom stereocenters. The Morgan fingerprint density at radius 1 is 0.829 bits per heavy atom. The van der Waals surface area contributed by atoms with E-state index in [1.807, 2.05) is 6.92 Å². The molecule has 0 aromatic rings. The maximum Gasteiger partial charge on any atom is 0.407 e. The molecule has 0 saturated heterocycles. The van der Waals surface area contributed by atoms with Crippen molar-refractivity contribution in [1.29, 1.82) is 0 Å². The number of imide groups is 1. The monoisotopic (exact) mass is 501 g/mol. The zero-order chi connectivity index (χ0) is 26.1. The van der Waals surface area contributed by atoms with Crippen LogP contribution in [0.1, 0.15) is 34.1 Å². The summed E-state index contributed by atoms with van der Waals surface area (Å²) in [6, 6.07) is -1.23. The van der Waals surface area contributed by atoms with Crippen LogP contribution in [-0.2, 0) is 38.1 Å². The van der Waals surface area contributed by atoms with Crippen LogP contribution in [0.4, 0.5) is 4.79 Å². The lowest BCUT2D eigenvalue weighted by atomic mass is 10.2. The molecule has 12 nitrogen and oxygen atoms in total. The van der Waals surface area contributed by atoms with Crippen molar-refractivity contribution in [3.63, 3.8) is 0 Å². The number of nitrogens with one attached hydrogen (secondary N) is 2. The number of hydrogen-bond donors (Lipinski definition) is 2. The molecule has 0 radical (unpaired) electrons. The molecule has 1 aliphatic heterocycles. The Labute approximate surface area is 206 Å². The molecule has 200 valence electrons. The van der Waals surface area contributed by atoms with Crippen molar-refractivity contribution in [3.05, 3.63) is 12.2 Å². The standard InChI is InChI=1S/C23H39N3O9/c1-5-9-31-11-13-33-15-16-34-14-12-32-10-8-24-21(29)18(26-19(27)6-7-20(26)28)17-25-22(30)35-23(2,3)4/h6-7,18H,5,8-17H2,1-4H3,(H,24,29)(H,25,30)/t18-/m0/s1. The SMILES string of the molecule is CCCOCCOCCOCCOCCNC(=O)[C@H](CNC(=O)OC(C)(C)C)N1C(=O)C=CC1=O. The average molecular weight is 502 g/mol. The van der Waals surface area contributed by atoms with E-state index < -0.39 is 35.5 Å².